The summed E-state index contributed by atoms with van der Waals surface area (Å²) in [7, 11) is 0. The average molecular weight is 191 g/mol. The molecule has 0 aromatic carbocycles. The predicted molar refractivity (Wildman–Crippen MR) is 52.1 cm³/mol. The molecule has 0 saturated heterocycles. The Hall–Kier alpha value is -1.42. The summed E-state index contributed by atoms with van der Waals surface area (Å²) in [6.45, 7) is 0. The van der Waals surface area contributed by atoms with E-state index in [1.807, 2.05) is 12.1 Å². The maximum atomic E-state index is 11.7. The van der Waals surface area contributed by atoms with Crippen molar-refractivity contribution in [1.29, 1.82) is 0 Å². The minimum Gasteiger partial charge on any atom is -0.293 e. The fourth-order valence-electron chi connectivity index (χ4n) is 1.99. The van der Waals surface area contributed by atoms with Crippen molar-refractivity contribution < 1.29 is 4.79 Å². The largest absolute Gasteiger partial charge is 0.293 e. The van der Waals surface area contributed by atoms with E-state index in [0.29, 0.717) is 0 Å². The van der Waals surface area contributed by atoms with Crippen LogP contribution in [0, 0.1) is 0 Å². The van der Waals surface area contributed by atoms with Crippen LogP contribution in [0.15, 0.2) is 24.5 Å². The molecule has 74 valence electrons. The van der Waals surface area contributed by atoms with Gasteiger partial charge in [0.25, 0.3) is 0 Å². The zero-order valence-electron chi connectivity index (χ0n) is 7.86. The van der Waals surface area contributed by atoms with Crippen LogP contribution in [0.25, 0.3) is 0 Å². The quantitative estimate of drug-likeness (QED) is 0.406. The number of nitrogens with one attached hydrogen (secondary N) is 1. The Bertz CT molecular complexity index is 332. The van der Waals surface area contributed by atoms with Crippen molar-refractivity contribution in [1.82, 2.24) is 10.4 Å². The highest BCUT2D eigenvalue weighted by molar-refractivity contribution is 5.88. The van der Waals surface area contributed by atoms with Crippen molar-refractivity contribution >= 4 is 5.91 Å². The number of carbonyl (C=O) groups excluding carboxylic acids is 1. The van der Waals surface area contributed by atoms with E-state index in [-0.39, 0.29) is 5.91 Å². The highest BCUT2D eigenvalue weighted by Gasteiger charge is 2.45. The van der Waals surface area contributed by atoms with E-state index >= 15 is 0 Å². The van der Waals surface area contributed by atoms with Crippen LogP contribution in [0.3, 0.4) is 0 Å². The number of hydrazine groups is 1. The van der Waals surface area contributed by atoms with Crippen LogP contribution >= 0.6 is 0 Å². The molecule has 0 bridgehead atoms. The van der Waals surface area contributed by atoms with Gasteiger partial charge in [0.2, 0.25) is 5.91 Å². The van der Waals surface area contributed by atoms with Crippen LogP contribution in [-0.4, -0.2) is 10.9 Å². The van der Waals surface area contributed by atoms with Gasteiger partial charge in [0.15, 0.2) is 0 Å². The molecule has 3 N–H and O–H groups in total. The molecule has 1 amide bonds. The molecule has 1 fully saturated rings. The van der Waals surface area contributed by atoms with E-state index in [4.69, 9.17) is 5.84 Å². The molecule has 0 atom stereocenters. The number of aromatic nitrogens is 1. The lowest BCUT2D eigenvalue weighted by molar-refractivity contribution is -0.130. The van der Waals surface area contributed by atoms with Gasteiger partial charge in [0.05, 0.1) is 5.41 Å². The molecule has 14 heavy (non-hydrogen) atoms. The van der Waals surface area contributed by atoms with Gasteiger partial charge in [-0.15, -0.1) is 0 Å². The predicted octanol–water partition coefficient (Wildman–Crippen LogP) is 0.493. The van der Waals surface area contributed by atoms with Crippen LogP contribution < -0.4 is 11.3 Å². The first kappa shape index (κ1) is 9.15. The van der Waals surface area contributed by atoms with Gasteiger partial charge in [-0.1, -0.05) is 6.42 Å². The van der Waals surface area contributed by atoms with Crippen LogP contribution in [0.1, 0.15) is 24.8 Å². The van der Waals surface area contributed by atoms with Gasteiger partial charge in [-0.25, -0.2) is 5.84 Å². The molecule has 1 aliphatic carbocycles. The van der Waals surface area contributed by atoms with Gasteiger partial charge in [0, 0.05) is 12.4 Å². The molecular formula is C10H13N3O. The normalized spacial score (nSPS) is 18.4. The Kier molecular flexibility index (Phi) is 2.21. The second kappa shape index (κ2) is 3.38. The maximum Gasteiger partial charge on any atom is 0.244 e. The summed E-state index contributed by atoms with van der Waals surface area (Å²) in [5.74, 6) is 5.10. The van der Waals surface area contributed by atoms with Crippen LogP contribution in [0.5, 0.6) is 0 Å². The zero-order valence-corrected chi connectivity index (χ0v) is 7.86. The molecule has 0 spiro atoms. The van der Waals surface area contributed by atoms with E-state index in [1.54, 1.807) is 12.4 Å². The summed E-state index contributed by atoms with van der Waals surface area (Å²) >= 11 is 0. The van der Waals surface area contributed by atoms with E-state index in [9.17, 15) is 4.79 Å². The van der Waals surface area contributed by atoms with Gasteiger partial charge in [-0.3, -0.25) is 15.2 Å². The fourth-order valence-corrected chi connectivity index (χ4v) is 1.99. The van der Waals surface area contributed by atoms with Crippen molar-refractivity contribution in [3.63, 3.8) is 0 Å². The van der Waals surface area contributed by atoms with Gasteiger partial charge < -0.3 is 0 Å². The van der Waals surface area contributed by atoms with E-state index < -0.39 is 5.41 Å². The lowest BCUT2D eigenvalue weighted by Crippen LogP contribution is -2.51. The monoisotopic (exact) mass is 191 g/mol. The number of carbonyl (C=O) groups is 1. The summed E-state index contributed by atoms with van der Waals surface area (Å²) in [5.41, 5.74) is 2.87. The van der Waals surface area contributed by atoms with Crippen LogP contribution in [-0.2, 0) is 10.2 Å². The number of amides is 1. The summed E-state index contributed by atoms with van der Waals surface area (Å²) < 4.78 is 0. The highest BCUT2D eigenvalue weighted by atomic mass is 16.2. The second-order valence-corrected chi connectivity index (χ2v) is 3.65. The van der Waals surface area contributed by atoms with E-state index in [0.717, 1.165) is 24.8 Å². The Labute approximate surface area is 82.5 Å². The molecule has 0 aliphatic heterocycles. The first-order valence-electron chi connectivity index (χ1n) is 4.71. The summed E-state index contributed by atoms with van der Waals surface area (Å²) in [6, 6.07) is 3.77. The minimum atomic E-state index is -0.391. The molecule has 1 aromatic heterocycles. The number of hydrogen-bond acceptors (Lipinski definition) is 3. The molecule has 1 heterocycles. The molecule has 4 nitrogen and oxygen atoms in total. The van der Waals surface area contributed by atoms with Crippen molar-refractivity contribution in [2.24, 2.45) is 5.84 Å². The number of hydrogen-bond donors (Lipinski definition) is 2. The number of pyridine rings is 1. The average Bonchev–Trinajstić information content (AvgIpc) is 2.17. The Morgan fingerprint density at radius 1 is 1.43 bits per heavy atom. The van der Waals surface area contributed by atoms with Crippen molar-refractivity contribution in [3.8, 4) is 0 Å². The topological polar surface area (TPSA) is 68.0 Å². The smallest absolute Gasteiger partial charge is 0.244 e. The van der Waals surface area contributed by atoms with Gasteiger partial charge >= 0.3 is 0 Å². The summed E-state index contributed by atoms with van der Waals surface area (Å²) in [4.78, 5) is 15.6. The third-order valence-corrected chi connectivity index (χ3v) is 3.01. The van der Waals surface area contributed by atoms with E-state index in [2.05, 4.69) is 10.4 Å². The summed E-state index contributed by atoms with van der Waals surface area (Å²) in [6.07, 6.45) is 6.24. The molecule has 1 aromatic rings. The van der Waals surface area contributed by atoms with Gasteiger partial charge in [-0.2, -0.15) is 0 Å². The lowest BCUT2D eigenvalue weighted by Gasteiger charge is -2.40. The molecular weight excluding hydrogens is 178 g/mol. The third-order valence-electron chi connectivity index (χ3n) is 3.01. The molecule has 4 heteroatoms. The van der Waals surface area contributed by atoms with Gasteiger partial charge in [0.1, 0.15) is 0 Å². The first-order valence-corrected chi connectivity index (χ1v) is 4.71. The van der Waals surface area contributed by atoms with Crippen molar-refractivity contribution in [3.05, 3.63) is 30.1 Å². The van der Waals surface area contributed by atoms with E-state index in [1.165, 1.54) is 0 Å². The first-order chi connectivity index (χ1) is 6.79. The fraction of sp³-hybridized carbons (Fsp3) is 0.400. The minimum absolute atomic E-state index is 0.0880. The Morgan fingerprint density at radius 2 is 2.07 bits per heavy atom. The molecule has 0 radical (unpaired) electrons. The zero-order chi connectivity index (χ0) is 10.0. The number of rotatable bonds is 2. The Balaban J connectivity index is 2.34. The van der Waals surface area contributed by atoms with Crippen LogP contribution in [0.2, 0.25) is 0 Å². The second-order valence-electron chi connectivity index (χ2n) is 3.65. The highest BCUT2D eigenvalue weighted by Crippen LogP contribution is 2.43. The lowest BCUT2D eigenvalue weighted by atomic mass is 9.64. The van der Waals surface area contributed by atoms with Gasteiger partial charge in [-0.05, 0) is 30.5 Å². The third kappa shape index (κ3) is 1.19. The standard InChI is InChI=1S/C10H13N3O/c11-13-9(14)10(4-1-5-10)8-2-6-12-7-3-8/h2-3,6-7H,1,4-5,11H2,(H,13,14). The molecule has 2 rings (SSSR count). The Morgan fingerprint density at radius 3 is 2.50 bits per heavy atom. The molecule has 1 aliphatic rings. The summed E-state index contributed by atoms with van der Waals surface area (Å²) in [5, 5.41) is 0. The van der Waals surface area contributed by atoms with Crippen molar-refractivity contribution in [2.75, 3.05) is 0 Å². The number of nitrogens with two attached hydrogens (primary N) is 1. The molecule has 0 unspecified atom stereocenters. The van der Waals surface area contributed by atoms with Crippen molar-refractivity contribution in [2.45, 2.75) is 24.7 Å². The van der Waals surface area contributed by atoms with Crippen LogP contribution in [0.4, 0.5) is 0 Å². The number of nitrogens with zero attached hydrogens (tertiary/aromatic N) is 1. The SMILES string of the molecule is NNC(=O)C1(c2ccncc2)CCC1. The maximum absolute atomic E-state index is 11.7. The molecule has 1 saturated carbocycles.